The number of nitrogens with zero attached hydrogens (tertiary/aromatic N) is 1. The maximum atomic E-state index is 12.6. The summed E-state index contributed by atoms with van der Waals surface area (Å²) in [4.78, 5) is 37.7. The predicted octanol–water partition coefficient (Wildman–Crippen LogP) is 2.46. The molecular formula is C17H19NO3. The minimum absolute atomic E-state index is 0.0109. The van der Waals surface area contributed by atoms with Gasteiger partial charge < -0.3 is 4.90 Å². The van der Waals surface area contributed by atoms with Crippen LogP contribution in [0.2, 0.25) is 0 Å². The molecule has 1 atom stereocenters. The van der Waals surface area contributed by atoms with E-state index in [2.05, 4.69) is 13.8 Å². The van der Waals surface area contributed by atoms with Crippen LogP contribution in [0, 0.1) is 0 Å². The highest BCUT2D eigenvalue weighted by Gasteiger charge is 2.39. The van der Waals surface area contributed by atoms with Crippen LogP contribution in [0.1, 0.15) is 60.5 Å². The van der Waals surface area contributed by atoms with Gasteiger partial charge >= 0.3 is 0 Å². The zero-order valence-corrected chi connectivity index (χ0v) is 12.4. The number of hydrogen-bond donors (Lipinski definition) is 0. The molecular weight excluding hydrogens is 266 g/mol. The zero-order chi connectivity index (χ0) is 15.1. The highest BCUT2D eigenvalue weighted by atomic mass is 16.2. The molecule has 1 saturated carbocycles. The summed E-state index contributed by atoms with van der Waals surface area (Å²) in [5.74, 6) is 0.151. The smallest absolute Gasteiger partial charge is 0.255 e. The lowest BCUT2D eigenvalue weighted by atomic mass is 9.92. The lowest BCUT2D eigenvalue weighted by Gasteiger charge is -2.29. The summed E-state index contributed by atoms with van der Waals surface area (Å²) in [6.07, 6.45) is 0.837. The van der Waals surface area contributed by atoms with Crippen LogP contribution in [0.4, 0.5) is 0 Å². The third-order valence-electron chi connectivity index (χ3n) is 4.47. The fourth-order valence-electron chi connectivity index (χ4n) is 3.36. The van der Waals surface area contributed by atoms with Crippen molar-refractivity contribution in [2.45, 2.75) is 51.6 Å². The van der Waals surface area contributed by atoms with Crippen LogP contribution in [0.25, 0.3) is 0 Å². The van der Waals surface area contributed by atoms with Gasteiger partial charge in [0, 0.05) is 18.5 Å². The molecule has 1 fully saturated rings. The molecule has 4 heteroatoms. The fraction of sp³-hybridized carbons (Fsp3) is 0.471. The zero-order valence-electron chi connectivity index (χ0n) is 12.4. The molecule has 110 valence electrons. The van der Waals surface area contributed by atoms with Gasteiger partial charge in [0.1, 0.15) is 5.78 Å². The molecule has 0 saturated heterocycles. The molecule has 0 aromatic heterocycles. The van der Waals surface area contributed by atoms with Gasteiger partial charge in [-0.25, -0.2) is 0 Å². The van der Waals surface area contributed by atoms with Crippen LogP contribution >= 0.6 is 0 Å². The van der Waals surface area contributed by atoms with E-state index < -0.39 is 6.04 Å². The van der Waals surface area contributed by atoms with Crippen LogP contribution in [0.5, 0.6) is 0 Å². The average Bonchev–Trinajstić information content (AvgIpc) is 2.76. The van der Waals surface area contributed by atoms with E-state index in [1.165, 1.54) is 5.56 Å². The van der Waals surface area contributed by atoms with Crippen molar-refractivity contribution in [3.05, 3.63) is 34.9 Å². The Labute approximate surface area is 124 Å². The van der Waals surface area contributed by atoms with Crippen molar-refractivity contribution in [2.24, 2.45) is 0 Å². The minimum atomic E-state index is -0.428. The SMILES string of the molecule is CC(C)c1cccc2c1CN(C1CCC(=O)CC1=O)C2=O. The number of Topliss-reactive ketones (excluding diaryl/α,β-unsaturated/α-hetero) is 2. The van der Waals surface area contributed by atoms with E-state index in [0.29, 0.717) is 30.9 Å². The molecule has 2 aliphatic rings. The first-order valence-electron chi connectivity index (χ1n) is 7.46. The van der Waals surface area contributed by atoms with E-state index in [-0.39, 0.29) is 23.9 Å². The topological polar surface area (TPSA) is 54.5 Å². The van der Waals surface area contributed by atoms with Crippen LogP contribution in [0.15, 0.2) is 18.2 Å². The minimum Gasteiger partial charge on any atom is -0.324 e. The Morgan fingerprint density at radius 3 is 2.62 bits per heavy atom. The largest absolute Gasteiger partial charge is 0.324 e. The summed E-state index contributed by atoms with van der Waals surface area (Å²) in [5.41, 5.74) is 2.93. The summed E-state index contributed by atoms with van der Waals surface area (Å²) in [7, 11) is 0. The molecule has 1 amide bonds. The molecule has 1 aromatic carbocycles. The third kappa shape index (κ3) is 2.28. The Morgan fingerprint density at radius 2 is 1.95 bits per heavy atom. The number of ketones is 2. The quantitative estimate of drug-likeness (QED) is 0.784. The van der Waals surface area contributed by atoms with Gasteiger partial charge in [0.2, 0.25) is 0 Å². The summed E-state index contributed by atoms with van der Waals surface area (Å²) in [5, 5.41) is 0. The van der Waals surface area contributed by atoms with Gasteiger partial charge in [0.25, 0.3) is 5.91 Å². The molecule has 0 radical (unpaired) electrons. The second-order valence-electron chi connectivity index (χ2n) is 6.20. The van der Waals surface area contributed by atoms with Gasteiger partial charge in [0.15, 0.2) is 5.78 Å². The summed E-state index contributed by atoms with van der Waals surface area (Å²) >= 11 is 0. The second-order valence-corrected chi connectivity index (χ2v) is 6.20. The first-order valence-corrected chi connectivity index (χ1v) is 7.46. The van der Waals surface area contributed by atoms with Crippen LogP contribution in [-0.4, -0.2) is 28.4 Å². The summed E-state index contributed by atoms with van der Waals surface area (Å²) < 4.78 is 0. The summed E-state index contributed by atoms with van der Waals surface area (Å²) in [6.45, 7) is 4.70. The van der Waals surface area contributed by atoms with E-state index in [1.54, 1.807) is 4.90 Å². The normalized spacial score (nSPS) is 22.1. The molecule has 21 heavy (non-hydrogen) atoms. The number of carbonyl (C=O) groups is 3. The van der Waals surface area contributed by atoms with E-state index in [0.717, 1.165) is 5.56 Å². The molecule has 1 heterocycles. The maximum absolute atomic E-state index is 12.6. The molecule has 1 aliphatic carbocycles. The summed E-state index contributed by atoms with van der Waals surface area (Å²) in [6, 6.07) is 5.36. The van der Waals surface area contributed by atoms with E-state index in [1.807, 2.05) is 18.2 Å². The maximum Gasteiger partial charge on any atom is 0.255 e. The fourth-order valence-corrected chi connectivity index (χ4v) is 3.36. The van der Waals surface area contributed by atoms with Gasteiger partial charge in [-0.05, 0) is 29.5 Å². The van der Waals surface area contributed by atoms with Crippen molar-refractivity contribution in [1.29, 1.82) is 0 Å². The number of carbonyl (C=O) groups excluding carboxylic acids is 3. The van der Waals surface area contributed by atoms with Crippen molar-refractivity contribution < 1.29 is 14.4 Å². The van der Waals surface area contributed by atoms with Crippen molar-refractivity contribution >= 4 is 17.5 Å². The lowest BCUT2D eigenvalue weighted by molar-refractivity contribution is -0.133. The molecule has 4 nitrogen and oxygen atoms in total. The van der Waals surface area contributed by atoms with E-state index >= 15 is 0 Å². The van der Waals surface area contributed by atoms with Crippen LogP contribution in [0.3, 0.4) is 0 Å². The Bertz CT molecular complexity index is 633. The molecule has 0 bridgehead atoms. The average molecular weight is 285 g/mol. The number of amides is 1. The van der Waals surface area contributed by atoms with Crippen molar-refractivity contribution in [2.75, 3.05) is 0 Å². The molecule has 1 aromatic rings. The molecule has 3 rings (SSSR count). The Hall–Kier alpha value is -1.97. The molecule has 1 unspecified atom stereocenters. The van der Waals surface area contributed by atoms with Gasteiger partial charge in [-0.15, -0.1) is 0 Å². The van der Waals surface area contributed by atoms with Gasteiger partial charge in [0.05, 0.1) is 12.5 Å². The standard InChI is InChI=1S/C17H19NO3/c1-10(2)12-4-3-5-13-14(12)9-18(17(13)21)15-7-6-11(19)8-16(15)20/h3-5,10,15H,6-9H2,1-2H3. The highest BCUT2D eigenvalue weighted by molar-refractivity contribution is 6.07. The van der Waals surface area contributed by atoms with E-state index in [4.69, 9.17) is 0 Å². The number of hydrogen-bond acceptors (Lipinski definition) is 3. The Balaban J connectivity index is 1.92. The molecule has 0 spiro atoms. The highest BCUT2D eigenvalue weighted by Crippen LogP contribution is 2.33. The monoisotopic (exact) mass is 285 g/mol. The van der Waals surface area contributed by atoms with Crippen LogP contribution < -0.4 is 0 Å². The number of rotatable bonds is 2. The van der Waals surface area contributed by atoms with Gasteiger partial charge in [-0.1, -0.05) is 26.0 Å². The number of fused-ring (bicyclic) bond motifs is 1. The molecule has 1 aliphatic heterocycles. The van der Waals surface area contributed by atoms with Gasteiger partial charge in [-0.2, -0.15) is 0 Å². The van der Waals surface area contributed by atoms with Crippen molar-refractivity contribution in [3.63, 3.8) is 0 Å². The van der Waals surface area contributed by atoms with Crippen molar-refractivity contribution in [1.82, 2.24) is 4.90 Å². The predicted molar refractivity (Wildman–Crippen MR) is 78.1 cm³/mol. The van der Waals surface area contributed by atoms with Crippen molar-refractivity contribution in [3.8, 4) is 0 Å². The van der Waals surface area contributed by atoms with Gasteiger partial charge in [-0.3, -0.25) is 14.4 Å². The molecule has 0 N–H and O–H groups in total. The number of benzene rings is 1. The second kappa shape index (κ2) is 5.10. The Kier molecular flexibility index (Phi) is 3.40. The first kappa shape index (κ1) is 14.0. The van der Waals surface area contributed by atoms with Crippen LogP contribution in [-0.2, 0) is 16.1 Å². The third-order valence-corrected chi connectivity index (χ3v) is 4.47. The lowest BCUT2D eigenvalue weighted by Crippen LogP contribution is -2.44. The van der Waals surface area contributed by atoms with E-state index in [9.17, 15) is 14.4 Å². The first-order chi connectivity index (χ1) is 9.99. The Morgan fingerprint density at radius 1 is 1.19 bits per heavy atom.